The van der Waals surface area contributed by atoms with Gasteiger partial charge in [-0.15, -0.1) is 0 Å². The normalized spacial score (nSPS) is 12.0. The third kappa shape index (κ3) is 4.04. The molecule has 0 aliphatic rings. The SMILES string of the molecule is C[C@H](Sc1nc2ccccc2c(=O)n1-c1ncn[nH]1)C(=O)NCc1ccccc1. The van der Waals surface area contributed by atoms with Crippen molar-refractivity contribution in [1.82, 2.24) is 30.0 Å². The predicted octanol–water partition coefficient (Wildman–Crippen LogP) is 2.30. The number of H-pyrrole nitrogens is 1. The molecule has 4 rings (SSSR count). The first-order chi connectivity index (χ1) is 14.1. The summed E-state index contributed by atoms with van der Waals surface area (Å²) in [4.78, 5) is 34.3. The van der Waals surface area contributed by atoms with Crippen molar-refractivity contribution in [2.75, 3.05) is 0 Å². The van der Waals surface area contributed by atoms with Crippen molar-refractivity contribution in [3.05, 3.63) is 76.8 Å². The van der Waals surface area contributed by atoms with Crippen LogP contribution < -0.4 is 10.9 Å². The van der Waals surface area contributed by atoms with E-state index in [1.165, 1.54) is 22.7 Å². The number of aromatic amines is 1. The molecule has 1 amide bonds. The summed E-state index contributed by atoms with van der Waals surface area (Å²) in [6, 6.07) is 16.8. The van der Waals surface area contributed by atoms with Gasteiger partial charge >= 0.3 is 0 Å². The van der Waals surface area contributed by atoms with Crippen molar-refractivity contribution < 1.29 is 4.79 Å². The smallest absolute Gasteiger partial charge is 0.269 e. The van der Waals surface area contributed by atoms with E-state index in [0.29, 0.717) is 22.6 Å². The molecule has 2 aromatic heterocycles. The number of carbonyl (C=O) groups excluding carboxylic acids is 1. The minimum absolute atomic E-state index is 0.148. The summed E-state index contributed by atoms with van der Waals surface area (Å²) in [7, 11) is 0. The van der Waals surface area contributed by atoms with Crippen molar-refractivity contribution in [2.45, 2.75) is 23.9 Å². The molecule has 2 N–H and O–H groups in total. The molecule has 1 atom stereocenters. The summed E-state index contributed by atoms with van der Waals surface area (Å²) >= 11 is 1.19. The molecule has 0 saturated heterocycles. The first-order valence-corrected chi connectivity index (χ1v) is 9.87. The Balaban J connectivity index is 1.62. The number of amides is 1. The number of para-hydroxylation sites is 1. The summed E-state index contributed by atoms with van der Waals surface area (Å²) in [6.07, 6.45) is 1.32. The second kappa shape index (κ2) is 8.27. The number of nitrogens with zero attached hydrogens (tertiary/aromatic N) is 4. The van der Waals surface area contributed by atoms with E-state index in [0.717, 1.165) is 5.56 Å². The molecule has 0 spiro atoms. The molecule has 0 radical (unpaired) electrons. The predicted molar refractivity (Wildman–Crippen MR) is 111 cm³/mol. The van der Waals surface area contributed by atoms with E-state index in [1.807, 2.05) is 36.4 Å². The zero-order valence-electron chi connectivity index (χ0n) is 15.6. The number of hydrogen-bond acceptors (Lipinski definition) is 6. The van der Waals surface area contributed by atoms with Gasteiger partial charge in [0.05, 0.1) is 16.2 Å². The summed E-state index contributed by atoms with van der Waals surface area (Å²) in [5, 5.41) is 9.80. The maximum atomic E-state index is 13.0. The average molecular weight is 406 g/mol. The summed E-state index contributed by atoms with van der Waals surface area (Å²) in [5.74, 6) is 0.109. The molecular weight excluding hydrogens is 388 g/mol. The van der Waals surface area contributed by atoms with Gasteiger partial charge in [0.2, 0.25) is 11.9 Å². The molecule has 2 heterocycles. The van der Waals surface area contributed by atoms with E-state index >= 15 is 0 Å². The van der Waals surface area contributed by atoms with Crippen LogP contribution in [-0.4, -0.2) is 35.9 Å². The number of hydrogen-bond donors (Lipinski definition) is 2. The number of nitrogens with one attached hydrogen (secondary N) is 2. The molecule has 146 valence electrons. The highest BCUT2D eigenvalue weighted by molar-refractivity contribution is 8.00. The molecule has 2 aromatic carbocycles. The van der Waals surface area contributed by atoms with E-state index < -0.39 is 5.25 Å². The second-order valence-electron chi connectivity index (χ2n) is 6.32. The number of thioether (sulfide) groups is 1. The average Bonchev–Trinajstić information content (AvgIpc) is 3.27. The van der Waals surface area contributed by atoms with Crippen molar-refractivity contribution >= 4 is 28.6 Å². The Labute approximate surface area is 170 Å². The van der Waals surface area contributed by atoms with E-state index in [1.54, 1.807) is 25.1 Å². The van der Waals surface area contributed by atoms with Gasteiger partial charge in [0.1, 0.15) is 6.33 Å². The number of fused-ring (bicyclic) bond motifs is 1. The number of aromatic nitrogens is 5. The minimum atomic E-state index is -0.471. The maximum absolute atomic E-state index is 13.0. The Hall–Kier alpha value is -3.46. The largest absolute Gasteiger partial charge is 0.351 e. The first kappa shape index (κ1) is 18.9. The zero-order chi connectivity index (χ0) is 20.2. The van der Waals surface area contributed by atoms with Crippen LogP contribution in [0.2, 0.25) is 0 Å². The highest BCUT2D eigenvalue weighted by atomic mass is 32.2. The Kier molecular flexibility index (Phi) is 5.39. The third-order valence-corrected chi connectivity index (χ3v) is 5.37. The standard InChI is InChI=1S/C20H18N6O2S/c1-13(17(27)21-11-14-7-3-2-4-8-14)29-20-24-16-10-6-5-9-15(16)18(28)26(20)19-22-12-23-25-19/h2-10,12-13H,11H2,1H3,(H,21,27)(H,22,23,25)/t13-/m0/s1. The number of rotatable bonds is 6. The fraction of sp³-hybridized carbons (Fsp3) is 0.150. The lowest BCUT2D eigenvalue weighted by molar-refractivity contribution is -0.120. The van der Waals surface area contributed by atoms with Crippen LogP contribution in [0.4, 0.5) is 0 Å². The van der Waals surface area contributed by atoms with Crippen molar-refractivity contribution in [1.29, 1.82) is 0 Å². The lowest BCUT2D eigenvalue weighted by Crippen LogP contribution is -2.31. The molecule has 0 aliphatic carbocycles. The Bertz CT molecular complexity index is 1190. The van der Waals surface area contributed by atoms with Crippen molar-refractivity contribution in [3.8, 4) is 5.95 Å². The van der Waals surface area contributed by atoms with Gasteiger partial charge < -0.3 is 5.32 Å². The van der Waals surface area contributed by atoms with Crippen molar-refractivity contribution in [3.63, 3.8) is 0 Å². The van der Waals surface area contributed by atoms with Crippen LogP contribution in [0.25, 0.3) is 16.9 Å². The Morgan fingerprint density at radius 3 is 2.69 bits per heavy atom. The Morgan fingerprint density at radius 2 is 1.93 bits per heavy atom. The van der Waals surface area contributed by atoms with Gasteiger partial charge in [0, 0.05) is 6.54 Å². The van der Waals surface area contributed by atoms with Crippen LogP contribution in [0.3, 0.4) is 0 Å². The van der Waals surface area contributed by atoms with Gasteiger partial charge in [-0.3, -0.25) is 9.59 Å². The molecule has 9 heteroatoms. The lowest BCUT2D eigenvalue weighted by atomic mass is 10.2. The van der Waals surface area contributed by atoms with Gasteiger partial charge in [0.25, 0.3) is 5.56 Å². The van der Waals surface area contributed by atoms with Crippen molar-refractivity contribution in [2.24, 2.45) is 0 Å². The van der Waals surface area contributed by atoms with Crippen LogP contribution >= 0.6 is 11.8 Å². The maximum Gasteiger partial charge on any atom is 0.269 e. The summed E-state index contributed by atoms with van der Waals surface area (Å²) < 4.78 is 1.35. The molecule has 0 unspecified atom stereocenters. The summed E-state index contributed by atoms with van der Waals surface area (Å²) in [5.41, 5.74) is 1.31. The monoisotopic (exact) mass is 406 g/mol. The highest BCUT2D eigenvalue weighted by Crippen LogP contribution is 2.24. The van der Waals surface area contributed by atoms with E-state index in [4.69, 9.17) is 0 Å². The fourth-order valence-corrected chi connectivity index (χ4v) is 3.76. The first-order valence-electron chi connectivity index (χ1n) is 8.99. The molecule has 0 aliphatic heterocycles. The molecule has 0 saturated carbocycles. The van der Waals surface area contributed by atoms with Crippen LogP contribution in [0.15, 0.2) is 70.9 Å². The van der Waals surface area contributed by atoms with Crippen LogP contribution in [0, 0.1) is 0 Å². The molecule has 29 heavy (non-hydrogen) atoms. The highest BCUT2D eigenvalue weighted by Gasteiger charge is 2.21. The molecular formula is C20H18N6O2S. The minimum Gasteiger partial charge on any atom is -0.351 e. The van der Waals surface area contributed by atoms with Crippen LogP contribution in [0.5, 0.6) is 0 Å². The molecule has 0 fully saturated rings. The third-order valence-electron chi connectivity index (χ3n) is 4.32. The molecule has 4 aromatic rings. The van der Waals surface area contributed by atoms with Crippen LogP contribution in [-0.2, 0) is 11.3 Å². The lowest BCUT2D eigenvalue weighted by Gasteiger charge is -2.15. The van der Waals surface area contributed by atoms with Gasteiger partial charge in [-0.05, 0) is 24.6 Å². The second-order valence-corrected chi connectivity index (χ2v) is 7.63. The van der Waals surface area contributed by atoms with E-state index in [9.17, 15) is 9.59 Å². The van der Waals surface area contributed by atoms with Gasteiger partial charge in [-0.1, -0.05) is 54.2 Å². The molecule has 0 bridgehead atoms. The molecule has 8 nitrogen and oxygen atoms in total. The van der Waals surface area contributed by atoms with Gasteiger partial charge in [-0.25, -0.2) is 14.6 Å². The summed E-state index contributed by atoms with van der Waals surface area (Å²) in [6.45, 7) is 2.21. The number of benzene rings is 2. The van der Waals surface area contributed by atoms with Gasteiger partial charge in [0.15, 0.2) is 5.16 Å². The fourth-order valence-electron chi connectivity index (χ4n) is 2.83. The van der Waals surface area contributed by atoms with Gasteiger partial charge in [-0.2, -0.15) is 10.1 Å². The van der Waals surface area contributed by atoms with E-state index in [2.05, 4.69) is 25.5 Å². The number of carbonyl (C=O) groups is 1. The zero-order valence-corrected chi connectivity index (χ0v) is 16.4. The Morgan fingerprint density at radius 1 is 1.17 bits per heavy atom. The van der Waals surface area contributed by atoms with E-state index in [-0.39, 0.29) is 17.4 Å². The quantitative estimate of drug-likeness (QED) is 0.376. The topological polar surface area (TPSA) is 106 Å². The van der Waals surface area contributed by atoms with Crippen LogP contribution in [0.1, 0.15) is 12.5 Å².